The van der Waals surface area contributed by atoms with Crippen molar-refractivity contribution in [3.05, 3.63) is 81.0 Å². The summed E-state index contributed by atoms with van der Waals surface area (Å²) in [5.74, 6) is 0.313. The van der Waals surface area contributed by atoms with Gasteiger partial charge in [0.2, 0.25) is 5.91 Å². The Morgan fingerprint density at radius 3 is 2.71 bits per heavy atom. The molecule has 0 aliphatic heterocycles. The first-order valence-corrected chi connectivity index (χ1v) is 13.0. The molecule has 6 nitrogen and oxygen atoms in total. The maximum absolute atomic E-state index is 13.3. The molecule has 34 heavy (non-hydrogen) atoms. The fraction of sp³-hybridized carbons (Fsp3) is 0.231. The number of thiophene rings is 1. The summed E-state index contributed by atoms with van der Waals surface area (Å²) in [5.41, 5.74) is 2.96. The number of carbonyl (C=O) groups excluding carboxylic acids is 1. The van der Waals surface area contributed by atoms with Crippen molar-refractivity contribution in [1.82, 2.24) is 9.55 Å². The van der Waals surface area contributed by atoms with Crippen LogP contribution in [0, 0.1) is 11.3 Å². The molecule has 2 aromatic heterocycles. The molecule has 0 atom stereocenters. The summed E-state index contributed by atoms with van der Waals surface area (Å²) in [5, 5.41) is 14.3. The molecule has 4 aromatic rings. The molecule has 0 spiro atoms. The molecule has 2 heterocycles. The van der Waals surface area contributed by atoms with Gasteiger partial charge in [0.15, 0.2) is 5.16 Å². The minimum Gasteiger partial charge on any atom is -0.317 e. The van der Waals surface area contributed by atoms with Gasteiger partial charge in [-0.05, 0) is 55.5 Å². The van der Waals surface area contributed by atoms with E-state index in [0.717, 1.165) is 36.9 Å². The third kappa shape index (κ3) is 4.37. The van der Waals surface area contributed by atoms with Crippen molar-refractivity contribution in [2.75, 3.05) is 11.1 Å². The van der Waals surface area contributed by atoms with Crippen molar-refractivity contribution in [2.24, 2.45) is 0 Å². The van der Waals surface area contributed by atoms with Crippen LogP contribution >= 0.6 is 23.1 Å². The number of hydrogen-bond donors (Lipinski definition) is 1. The zero-order valence-corrected chi connectivity index (χ0v) is 20.0. The molecule has 2 aromatic carbocycles. The molecule has 1 amide bonds. The average Bonchev–Trinajstić information content (AvgIpc) is 3.21. The highest BCUT2D eigenvalue weighted by Gasteiger charge is 2.22. The van der Waals surface area contributed by atoms with Crippen molar-refractivity contribution < 1.29 is 4.79 Å². The Balaban J connectivity index is 1.35. The number of nitrogens with one attached hydrogen (secondary N) is 1. The number of carbonyl (C=O) groups is 1. The Morgan fingerprint density at radius 2 is 1.88 bits per heavy atom. The van der Waals surface area contributed by atoms with Gasteiger partial charge in [-0.15, -0.1) is 11.3 Å². The van der Waals surface area contributed by atoms with Gasteiger partial charge >= 0.3 is 0 Å². The van der Waals surface area contributed by atoms with Crippen LogP contribution in [0.5, 0.6) is 0 Å². The Hall–Kier alpha value is -3.41. The first-order chi connectivity index (χ1) is 16.7. The molecule has 0 saturated carbocycles. The molecule has 1 N–H and O–H groups in total. The third-order valence-corrected chi connectivity index (χ3v) is 8.00. The normalized spacial score (nSPS) is 12.8. The van der Waals surface area contributed by atoms with E-state index in [1.807, 2.05) is 48.5 Å². The molecule has 0 unspecified atom stereocenters. The number of amides is 1. The topological polar surface area (TPSA) is 87.8 Å². The van der Waals surface area contributed by atoms with E-state index < -0.39 is 0 Å². The van der Waals surface area contributed by atoms with Gasteiger partial charge in [0.05, 0.1) is 22.2 Å². The molecular weight excluding hydrogens is 464 g/mol. The third-order valence-electron chi connectivity index (χ3n) is 5.86. The lowest BCUT2D eigenvalue weighted by Gasteiger charge is -2.13. The number of thioether (sulfide) groups is 1. The number of anilines is 1. The zero-order chi connectivity index (χ0) is 23.5. The predicted molar refractivity (Wildman–Crippen MR) is 137 cm³/mol. The molecule has 0 fully saturated rings. The van der Waals surface area contributed by atoms with E-state index in [1.165, 1.54) is 28.0 Å². The van der Waals surface area contributed by atoms with E-state index in [4.69, 9.17) is 4.98 Å². The van der Waals surface area contributed by atoms with Crippen molar-refractivity contribution in [3.8, 4) is 11.8 Å². The summed E-state index contributed by atoms with van der Waals surface area (Å²) >= 11 is 2.91. The number of aromatic nitrogens is 2. The van der Waals surface area contributed by atoms with Gasteiger partial charge in [-0.3, -0.25) is 14.2 Å². The SMILES string of the molecule is N#Cc1c(NC(=O)CCSc2nc3ccccc3c(=O)n2-c2ccccc2)sc2c1CCCC2. The van der Waals surface area contributed by atoms with Crippen LogP contribution < -0.4 is 10.9 Å². The van der Waals surface area contributed by atoms with Crippen LogP contribution in [-0.4, -0.2) is 21.2 Å². The molecule has 1 aliphatic rings. The lowest BCUT2D eigenvalue weighted by molar-refractivity contribution is -0.115. The maximum Gasteiger partial charge on any atom is 0.266 e. The largest absolute Gasteiger partial charge is 0.317 e. The van der Waals surface area contributed by atoms with E-state index in [2.05, 4.69) is 11.4 Å². The zero-order valence-electron chi connectivity index (χ0n) is 18.4. The van der Waals surface area contributed by atoms with Crippen molar-refractivity contribution in [3.63, 3.8) is 0 Å². The number of para-hydroxylation sites is 2. The molecule has 170 valence electrons. The quantitative estimate of drug-likeness (QED) is 0.294. The second-order valence-corrected chi connectivity index (χ2v) is 10.2. The first-order valence-electron chi connectivity index (χ1n) is 11.2. The van der Waals surface area contributed by atoms with Crippen LogP contribution in [0.3, 0.4) is 0 Å². The van der Waals surface area contributed by atoms with Crippen LogP contribution in [0.4, 0.5) is 5.00 Å². The van der Waals surface area contributed by atoms with Gasteiger partial charge < -0.3 is 5.32 Å². The van der Waals surface area contributed by atoms with Gasteiger partial charge in [0.25, 0.3) is 5.56 Å². The Kier molecular flexibility index (Phi) is 6.48. The van der Waals surface area contributed by atoms with E-state index >= 15 is 0 Å². The van der Waals surface area contributed by atoms with Crippen molar-refractivity contribution in [1.29, 1.82) is 5.26 Å². The van der Waals surface area contributed by atoms with Crippen LogP contribution in [0.2, 0.25) is 0 Å². The molecule has 1 aliphatic carbocycles. The lowest BCUT2D eigenvalue weighted by atomic mass is 9.96. The summed E-state index contributed by atoms with van der Waals surface area (Å²) in [6, 6.07) is 19.0. The fourth-order valence-electron chi connectivity index (χ4n) is 4.21. The van der Waals surface area contributed by atoms with Gasteiger partial charge in [0, 0.05) is 17.1 Å². The van der Waals surface area contributed by atoms with Crippen LogP contribution in [0.15, 0.2) is 64.5 Å². The molecule has 8 heteroatoms. The van der Waals surface area contributed by atoms with E-state index in [1.54, 1.807) is 10.6 Å². The molecule has 0 saturated heterocycles. The van der Waals surface area contributed by atoms with Crippen molar-refractivity contribution in [2.45, 2.75) is 37.3 Å². The van der Waals surface area contributed by atoms with Crippen LogP contribution in [-0.2, 0) is 17.6 Å². The van der Waals surface area contributed by atoms with Crippen LogP contribution in [0.1, 0.15) is 35.3 Å². The maximum atomic E-state index is 13.3. The van der Waals surface area contributed by atoms with E-state index in [9.17, 15) is 14.9 Å². The highest BCUT2D eigenvalue weighted by Crippen LogP contribution is 2.37. The number of rotatable bonds is 6. The minimum absolute atomic E-state index is 0.133. The molecule has 0 radical (unpaired) electrons. The molecule has 5 rings (SSSR count). The number of fused-ring (bicyclic) bond motifs is 2. The first kappa shape index (κ1) is 22.4. The Bertz CT molecular complexity index is 1470. The summed E-state index contributed by atoms with van der Waals surface area (Å²) in [6.45, 7) is 0. The van der Waals surface area contributed by atoms with E-state index in [-0.39, 0.29) is 17.9 Å². The highest BCUT2D eigenvalue weighted by molar-refractivity contribution is 7.99. The van der Waals surface area contributed by atoms with Gasteiger partial charge in [-0.1, -0.05) is 42.1 Å². The second kappa shape index (κ2) is 9.84. The average molecular weight is 487 g/mol. The number of hydrogen-bond acceptors (Lipinski definition) is 6. The van der Waals surface area contributed by atoms with E-state index in [0.29, 0.717) is 32.4 Å². The summed E-state index contributed by atoms with van der Waals surface area (Å²) in [7, 11) is 0. The number of benzene rings is 2. The summed E-state index contributed by atoms with van der Waals surface area (Å²) in [6.07, 6.45) is 4.35. The van der Waals surface area contributed by atoms with Gasteiger partial charge in [0.1, 0.15) is 11.1 Å². The summed E-state index contributed by atoms with van der Waals surface area (Å²) in [4.78, 5) is 31.9. The lowest BCUT2D eigenvalue weighted by Crippen LogP contribution is -2.22. The predicted octanol–water partition coefficient (Wildman–Crippen LogP) is 5.32. The van der Waals surface area contributed by atoms with Gasteiger partial charge in [-0.2, -0.15) is 5.26 Å². The summed E-state index contributed by atoms with van der Waals surface area (Å²) < 4.78 is 1.60. The molecule has 0 bridgehead atoms. The number of nitriles is 1. The standard InChI is InChI=1S/C26H22N4O2S2/c27-16-20-18-10-5-7-13-22(18)34-24(20)29-23(31)14-15-33-26-28-21-12-6-4-11-19(21)25(32)30(26)17-8-2-1-3-9-17/h1-4,6,8-9,11-12H,5,7,10,13-15H2,(H,29,31). The number of nitrogens with zero attached hydrogens (tertiary/aromatic N) is 3. The van der Waals surface area contributed by atoms with Gasteiger partial charge in [-0.25, -0.2) is 4.98 Å². The second-order valence-electron chi connectivity index (χ2n) is 8.06. The molecular formula is C26H22N4O2S2. The monoisotopic (exact) mass is 486 g/mol. The van der Waals surface area contributed by atoms with Crippen LogP contribution in [0.25, 0.3) is 16.6 Å². The highest BCUT2D eigenvalue weighted by atomic mass is 32.2. The number of aryl methyl sites for hydroxylation is 1. The Morgan fingerprint density at radius 1 is 1.12 bits per heavy atom. The van der Waals surface area contributed by atoms with Crippen molar-refractivity contribution >= 4 is 44.9 Å². The Labute approximate surface area is 205 Å². The minimum atomic E-state index is -0.142. The smallest absolute Gasteiger partial charge is 0.266 e. The fourth-order valence-corrected chi connectivity index (χ4v) is 6.42.